The van der Waals surface area contributed by atoms with Crippen LogP contribution in [0, 0.1) is 10.1 Å². The Hall–Kier alpha value is -2.49. The lowest BCUT2D eigenvalue weighted by atomic mass is 10.1. The third kappa shape index (κ3) is 4.82. The quantitative estimate of drug-likeness (QED) is 0.546. The minimum Gasteiger partial charge on any atom is -0.490 e. The summed E-state index contributed by atoms with van der Waals surface area (Å²) in [4.78, 5) is 10.9. The number of ether oxygens (including phenoxy) is 1. The molecule has 2 aromatic carbocycles. The topological polar surface area (TPSA) is 102 Å². The molecule has 2 rings (SSSR count). The fourth-order valence-corrected chi connectivity index (χ4v) is 3.42. The molecule has 1 unspecified atom stereocenters. The number of nitrogens with one attached hydrogen (secondary N) is 1. The van der Waals surface area contributed by atoms with E-state index >= 15 is 0 Å². The van der Waals surface area contributed by atoms with Gasteiger partial charge in [0.1, 0.15) is 0 Å². The molecule has 1 N–H and O–H groups in total. The van der Waals surface area contributed by atoms with E-state index in [2.05, 4.69) is 5.32 Å². The molecule has 0 spiro atoms. The summed E-state index contributed by atoms with van der Waals surface area (Å²) in [6, 6.07) is 11.4. The average Bonchev–Trinajstić information content (AvgIpc) is 2.65. The monoisotopic (exact) mass is 393 g/mol. The molecule has 1 atom stereocenters. The summed E-state index contributed by atoms with van der Waals surface area (Å²) in [6.07, 6.45) is 0. The Balaban J connectivity index is 2.09. The van der Waals surface area contributed by atoms with Crippen molar-refractivity contribution in [3.8, 4) is 5.75 Å². The van der Waals surface area contributed by atoms with Crippen LogP contribution in [0.1, 0.15) is 24.1 Å². The van der Waals surface area contributed by atoms with Crippen LogP contribution in [0.15, 0.2) is 47.4 Å². The molecule has 0 aliphatic rings. The smallest absolute Gasteiger partial charge is 0.311 e. The molecule has 0 bridgehead atoms. The highest BCUT2D eigenvalue weighted by Gasteiger charge is 2.18. The predicted octanol–water partition coefficient (Wildman–Crippen LogP) is 2.70. The van der Waals surface area contributed by atoms with Crippen molar-refractivity contribution in [3.05, 3.63) is 63.7 Å². The van der Waals surface area contributed by atoms with Gasteiger partial charge in [0.15, 0.2) is 5.75 Å². The molecule has 0 radical (unpaired) electrons. The van der Waals surface area contributed by atoms with Crippen molar-refractivity contribution < 1.29 is 18.1 Å². The summed E-state index contributed by atoms with van der Waals surface area (Å²) in [6.45, 7) is 2.36. The number of hydrogen-bond acceptors (Lipinski definition) is 6. The number of nitro benzene ring substituents is 1. The first-order chi connectivity index (χ1) is 12.7. The lowest BCUT2D eigenvalue weighted by Crippen LogP contribution is -2.22. The van der Waals surface area contributed by atoms with Crippen molar-refractivity contribution >= 4 is 15.7 Å². The molecule has 8 nitrogen and oxygen atoms in total. The van der Waals surface area contributed by atoms with E-state index in [9.17, 15) is 18.5 Å². The molecule has 0 aliphatic heterocycles. The van der Waals surface area contributed by atoms with E-state index in [1.165, 1.54) is 31.6 Å². The molecule has 0 saturated carbocycles. The van der Waals surface area contributed by atoms with Crippen LogP contribution in [-0.2, 0) is 16.6 Å². The molecule has 0 amide bonds. The van der Waals surface area contributed by atoms with Crippen LogP contribution in [0.3, 0.4) is 0 Å². The second-order valence-corrected chi connectivity index (χ2v) is 8.37. The van der Waals surface area contributed by atoms with Gasteiger partial charge in [0.2, 0.25) is 10.0 Å². The maximum absolute atomic E-state index is 12.1. The van der Waals surface area contributed by atoms with E-state index in [1.54, 1.807) is 36.4 Å². The molecule has 9 heteroatoms. The minimum atomic E-state index is -3.46. The van der Waals surface area contributed by atoms with Crippen LogP contribution >= 0.6 is 0 Å². The first kappa shape index (κ1) is 20.8. The maximum Gasteiger partial charge on any atom is 0.311 e. The molecule has 27 heavy (non-hydrogen) atoms. The highest BCUT2D eigenvalue weighted by molar-refractivity contribution is 7.89. The van der Waals surface area contributed by atoms with Gasteiger partial charge < -0.3 is 10.1 Å². The van der Waals surface area contributed by atoms with Crippen LogP contribution in [0.4, 0.5) is 5.69 Å². The molecule has 0 heterocycles. The summed E-state index contributed by atoms with van der Waals surface area (Å²) in [5, 5.41) is 14.4. The Morgan fingerprint density at radius 3 is 2.33 bits per heavy atom. The highest BCUT2D eigenvalue weighted by Crippen LogP contribution is 2.27. The lowest BCUT2D eigenvalue weighted by molar-refractivity contribution is -0.385. The largest absolute Gasteiger partial charge is 0.490 e. The van der Waals surface area contributed by atoms with Gasteiger partial charge in [-0.05, 0) is 36.2 Å². The standard InChI is InChI=1S/C18H23N3O5S/c1-13(15-6-8-16(9-7-15)27(24,25)20(2)3)19-12-14-5-10-18(26-4)17(11-14)21(22)23/h5-11,13,19H,12H2,1-4H3. The third-order valence-electron chi connectivity index (χ3n) is 4.21. The number of benzene rings is 2. The van der Waals surface area contributed by atoms with Gasteiger partial charge in [0.05, 0.1) is 16.9 Å². The fraction of sp³-hybridized carbons (Fsp3) is 0.333. The number of methoxy groups -OCH3 is 1. The summed E-state index contributed by atoms with van der Waals surface area (Å²) in [5.74, 6) is 0.217. The van der Waals surface area contributed by atoms with Gasteiger partial charge in [-0.2, -0.15) is 0 Å². The summed E-state index contributed by atoms with van der Waals surface area (Å²) in [5.41, 5.74) is 1.58. The SMILES string of the molecule is COc1ccc(CNC(C)c2ccc(S(=O)(=O)N(C)C)cc2)cc1[N+](=O)[O-]. The van der Waals surface area contributed by atoms with Crippen molar-refractivity contribution in [1.82, 2.24) is 9.62 Å². The summed E-state index contributed by atoms with van der Waals surface area (Å²) in [7, 11) is 0.910. The number of sulfonamides is 1. The Labute approximate surface area is 159 Å². The molecule has 2 aromatic rings. The molecule has 0 saturated heterocycles. The highest BCUT2D eigenvalue weighted by atomic mass is 32.2. The van der Waals surface area contributed by atoms with Gasteiger partial charge in [-0.3, -0.25) is 10.1 Å². The van der Waals surface area contributed by atoms with Gasteiger partial charge in [-0.25, -0.2) is 12.7 Å². The Morgan fingerprint density at radius 1 is 1.19 bits per heavy atom. The molecular formula is C18H23N3O5S. The van der Waals surface area contributed by atoms with Gasteiger partial charge in [0, 0.05) is 32.7 Å². The number of hydrogen-bond donors (Lipinski definition) is 1. The second kappa shape index (κ2) is 8.47. The first-order valence-electron chi connectivity index (χ1n) is 8.24. The second-order valence-electron chi connectivity index (χ2n) is 6.22. The van der Waals surface area contributed by atoms with E-state index in [0.29, 0.717) is 6.54 Å². The third-order valence-corrected chi connectivity index (χ3v) is 6.04. The van der Waals surface area contributed by atoms with Gasteiger partial charge in [-0.1, -0.05) is 18.2 Å². The summed E-state index contributed by atoms with van der Waals surface area (Å²) >= 11 is 0. The zero-order chi connectivity index (χ0) is 20.2. The van der Waals surface area contributed by atoms with Gasteiger partial charge in [0.25, 0.3) is 0 Å². The molecule has 0 fully saturated rings. The van der Waals surface area contributed by atoms with E-state index < -0.39 is 14.9 Å². The Bertz CT molecular complexity index is 911. The molecule has 146 valence electrons. The van der Waals surface area contributed by atoms with E-state index in [1.807, 2.05) is 6.92 Å². The Morgan fingerprint density at radius 2 is 1.81 bits per heavy atom. The van der Waals surface area contributed by atoms with Crippen molar-refractivity contribution in [2.75, 3.05) is 21.2 Å². The van der Waals surface area contributed by atoms with Crippen molar-refractivity contribution in [2.45, 2.75) is 24.4 Å². The van der Waals surface area contributed by atoms with E-state index in [0.717, 1.165) is 11.1 Å². The van der Waals surface area contributed by atoms with E-state index in [4.69, 9.17) is 4.74 Å². The summed E-state index contributed by atoms with van der Waals surface area (Å²) < 4.78 is 30.4. The first-order valence-corrected chi connectivity index (χ1v) is 9.68. The maximum atomic E-state index is 12.1. The van der Waals surface area contributed by atoms with Crippen molar-refractivity contribution in [1.29, 1.82) is 0 Å². The van der Waals surface area contributed by atoms with E-state index in [-0.39, 0.29) is 22.4 Å². The van der Waals surface area contributed by atoms with Gasteiger partial charge in [-0.15, -0.1) is 0 Å². The average molecular weight is 393 g/mol. The van der Waals surface area contributed by atoms with Crippen LogP contribution in [0.2, 0.25) is 0 Å². The van der Waals surface area contributed by atoms with Crippen molar-refractivity contribution in [2.24, 2.45) is 0 Å². The number of nitrogens with zero attached hydrogens (tertiary/aromatic N) is 2. The normalized spacial score (nSPS) is 12.8. The molecular weight excluding hydrogens is 370 g/mol. The zero-order valence-electron chi connectivity index (χ0n) is 15.7. The predicted molar refractivity (Wildman–Crippen MR) is 102 cm³/mol. The fourth-order valence-electron chi connectivity index (χ4n) is 2.52. The van der Waals surface area contributed by atoms with Crippen LogP contribution in [-0.4, -0.2) is 38.9 Å². The van der Waals surface area contributed by atoms with Gasteiger partial charge >= 0.3 is 5.69 Å². The number of rotatable bonds is 8. The Kier molecular flexibility index (Phi) is 6.53. The minimum absolute atomic E-state index is 0.0673. The number of nitro groups is 1. The van der Waals surface area contributed by atoms with Crippen molar-refractivity contribution in [3.63, 3.8) is 0 Å². The lowest BCUT2D eigenvalue weighted by Gasteiger charge is -2.16. The van der Waals surface area contributed by atoms with Crippen LogP contribution in [0.5, 0.6) is 5.75 Å². The molecule has 0 aliphatic carbocycles. The van der Waals surface area contributed by atoms with Crippen LogP contribution < -0.4 is 10.1 Å². The zero-order valence-corrected chi connectivity index (χ0v) is 16.5. The molecule has 0 aromatic heterocycles. The van der Waals surface area contributed by atoms with Crippen LogP contribution in [0.25, 0.3) is 0 Å².